The van der Waals surface area contributed by atoms with Crippen LogP contribution >= 0.6 is 0 Å². The minimum Gasteiger partial charge on any atom is -0.481 e. The van der Waals surface area contributed by atoms with Crippen molar-refractivity contribution in [3.8, 4) is 0 Å². The van der Waals surface area contributed by atoms with Gasteiger partial charge in [-0.05, 0) is 39.4 Å². The van der Waals surface area contributed by atoms with E-state index in [1.807, 2.05) is 0 Å². The smallest absolute Gasteiger partial charge is 0.303 e. The summed E-state index contributed by atoms with van der Waals surface area (Å²) in [6.45, 7) is 3.52. The molecule has 1 unspecified atom stereocenters. The topological polar surface area (TPSA) is 40.5 Å². The molecule has 0 saturated carbocycles. The van der Waals surface area contributed by atoms with E-state index in [-0.39, 0.29) is 0 Å². The Morgan fingerprint density at radius 2 is 1.11 bits per heavy atom. The van der Waals surface area contributed by atoms with Gasteiger partial charge in [-0.15, -0.1) is 0 Å². The summed E-state index contributed by atoms with van der Waals surface area (Å²) < 4.78 is 0. The van der Waals surface area contributed by atoms with E-state index in [0.717, 1.165) is 18.8 Å². The molecule has 168 valence electrons. The Kier molecular flexibility index (Phi) is 20.7. The molecule has 0 aromatic heterocycles. The fourth-order valence-corrected chi connectivity index (χ4v) is 4.03. The van der Waals surface area contributed by atoms with Gasteiger partial charge in [-0.3, -0.25) is 4.79 Å². The van der Waals surface area contributed by atoms with Crippen LogP contribution in [0.2, 0.25) is 0 Å². The number of carboxylic acid groups (broad SMARTS) is 1. The summed E-state index contributed by atoms with van der Waals surface area (Å²) in [7, 11) is 4.39. The molecule has 0 aromatic carbocycles. The van der Waals surface area contributed by atoms with Crippen molar-refractivity contribution in [2.45, 2.75) is 129 Å². The number of unbranched alkanes of at least 4 members (excludes halogenated alkanes) is 13. The highest BCUT2D eigenvalue weighted by Gasteiger charge is 2.09. The number of carboxylic acids is 1. The Morgan fingerprint density at radius 3 is 1.54 bits per heavy atom. The molecule has 0 radical (unpaired) electrons. The fraction of sp³-hybridized carbons (Fsp3) is 0.960. The molecule has 3 nitrogen and oxygen atoms in total. The Hall–Kier alpha value is -0.570. The van der Waals surface area contributed by atoms with Crippen LogP contribution in [0.1, 0.15) is 129 Å². The Labute approximate surface area is 176 Å². The molecule has 0 fully saturated rings. The minimum atomic E-state index is -0.652. The first-order chi connectivity index (χ1) is 13.6. The number of aliphatic carboxylic acids is 1. The zero-order chi connectivity index (χ0) is 20.9. The van der Waals surface area contributed by atoms with E-state index in [1.165, 1.54) is 109 Å². The summed E-state index contributed by atoms with van der Waals surface area (Å²) >= 11 is 0. The summed E-state index contributed by atoms with van der Waals surface area (Å²) in [5.41, 5.74) is 0. The maximum Gasteiger partial charge on any atom is 0.303 e. The van der Waals surface area contributed by atoms with Crippen molar-refractivity contribution in [3.63, 3.8) is 0 Å². The van der Waals surface area contributed by atoms with Gasteiger partial charge >= 0.3 is 5.97 Å². The first-order valence-electron chi connectivity index (χ1n) is 12.4. The van der Waals surface area contributed by atoms with Gasteiger partial charge in [-0.2, -0.15) is 0 Å². The monoisotopic (exact) mass is 397 g/mol. The van der Waals surface area contributed by atoms with Gasteiger partial charge in [0.05, 0.1) is 0 Å². The van der Waals surface area contributed by atoms with Crippen LogP contribution in [-0.2, 0) is 4.79 Å². The van der Waals surface area contributed by atoms with Gasteiger partial charge in [0.1, 0.15) is 0 Å². The highest BCUT2D eigenvalue weighted by Crippen LogP contribution is 2.22. The quantitative estimate of drug-likeness (QED) is 0.190. The van der Waals surface area contributed by atoms with Crippen molar-refractivity contribution < 1.29 is 9.90 Å². The lowest BCUT2D eigenvalue weighted by Gasteiger charge is -2.19. The van der Waals surface area contributed by atoms with E-state index in [2.05, 4.69) is 25.9 Å². The zero-order valence-corrected chi connectivity index (χ0v) is 19.5. The summed E-state index contributed by atoms with van der Waals surface area (Å²) in [6.07, 6.45) is 24.4. The average molecular weight is 398 g/mol. The second-order valence-corrected chi connectivity index (χ2v) is 9.13. The molecule has 0 amide bonds. The Morgan fingerprint density at radius 1 is 0.679 bits per heavy atom. The van der Waals surface area contributed by atoms with Crippen molar-refractivity contribution in [1.29, 1.82) is 0 Å². The zero-order valence-electron chi connectivity index (χ0n) is 19.5. The molecular formula is C25H51NO2. The highest BCUT2D eigenvalue weighted by molar-refractivity contribution is 5.66. The van der Waals surface area contributed by atoms with Crippen molar-refractivity contribution in [2.75, 3.05) is 20.6 Å². The van der Waals surface area contributed by atoms with Crippen LogP contribution in [0, 0.1) is 5.92 Å². The molecule has 1 N–H and O–H groups in total. The van der Waals surface area contributed by atoms with Gasteiger partial charge < -0.3 is 10.0 Å². The van der Waals surface area contributed by atoms with Crippen LogP contribution in [0.15, 0.2) is 0 Å². The third-order valence-corrected chi connectivity index (χ3v) is 5.95. The maximum absolute atomic E-state index is 10.5. The molecule has 0 spiro atoms. The number of carbonyl (C=O) groups is 1. The van der Waals surface area contributed by atoms with E-state index in [4.69, 9.17) is 5.11 Å². The van der Waals surface area contributed by atoms with Gasteiger partial charge in [0, 0.05) is 6.42 Å². The maximum atomic E-state index is 10.5. The Balaban J connectivity index is 3.66. The van der Waals surface area contributed by atoms with Gasteiger partial charge in [0.25, 0.3) is 0 Å². The average Bonchev–Trinajstić information content (AvgIpc) is 2.65. The van der Waals surface area contributed by atoms with Gasteiger partial charge in [-0.1, -0.05) is 110 Å². The molecule has 0 aliphatic heterocycles. The summed E-state index contributed by atoms with van der Waals surface area (Å²) in [5.74, 6) is 0.273. The van der Waals surface area contributed by atoms with E-state index in [1.54, 1.807) is 0 Å². The van der Waals surface area contributed by atoms with Crippen molar-refractivity contribution >= 4 is 5.97 Å². The fourth-order valence-electron chi connectivity index (χ4n) is 4.03. The lowest BCUT2D eigenvalue weighted by Crippen LogP contribution is -2.17. The second-order valence-electron chi connectivity index (χ2n) is 9.13. The first kappa shape index (κ1) is 27.4. The van der Waals surface area contributed by atoms with Gasteiger partial charge in [0.2, 0.25) is 0 Å². The van der Waals surface area contributed by atoms with Gasteiger partial charge in [-0.25, -0.2) is 0 Å². The molecular weight excluding hydrogens is 346 g/mol. The van der Waals surface area contributed by atoms with Crippen molar-refractivity contribution in [3.05, 3.63) is 0 Å². The molecule has 0 heterocycles. The number of nitrogens with zero attached hydrogens (tertiary/aromatic N) is 1. The summed E-state index contributed by atoms with van der Waals surface area (Å²) in [6, 6.07) is 0. The molecule has 0 aliphatic carbocycles. The largest absolute Gasteiger partial charge is 0.481 e. The second kappa shape index (κ2) is 21.1. The van der Waals surface area contributed by atoms with E-state index in [0.29, 0.717) is 6.42 Å². The van der Waals surface area contributed by atoms with Crippen LogP contribution in [0.3, 0.4) is 0 Å². The highest BCUT2D eigenvalue weighted by atomic mass is 16.4. The molecule has 0 aliphatic rings. The van der Waals surface area contributed by atoms with E-state index < -0.39 is 5.97 Å². The SMILES string of the molecule is CCCCCCCCCC(CCCCCCCCCCC(=O)O)CCN(C)C. The lowest BCUT2D eigenvalue weighted by molar-refractivity contribution is -0.137. The van der Waals surface area contributed by atoms with Crippen LogP contribution in [0.25, 0.3) is 0 Å². The van der Waals surface area contributed by atoms with Crippen molar-refractivity contribution in [1.82, 2.24) is 4.90 Å². The predicted molar refractivity (Wildman–Crippen MR) is 123 cm³/mol. The van der Waals surface area contributed by atoms with E-state index >= 15 is 0 Å². The number of hydrogen-bond donors (Lipinski definition) is 1. The van der Waals surface area contributed by atoms with E-state index in [9.17, 15) is 4.79 Å². The standard InChI is InChI=1S/C25H51NO2/c1-4-5-6-7-10-13-16-19-24(22-23-26(2)3)20-17-14-11-8-9-12-15-18-21-25(27)28/h24H,4-23H2,1-3H3,(H,27,28). The van der Waals surface area contributed by atoms with Crippen molar-refractivity contribution in [2.24, 2.45) is 5.92 Å². The van der Waals surface area contributed by atoms with Crippen LogP contribution in [-0.4, -0.2) is 36.6 Å². The van der Waals surface area contributed by atoms with Crippen LogP contribution in [0.4, 0.5) is 0 Å². The molecule has 0 bridgehead atoms. The lowest BCUT2D eigenvalue weighted by atomic mass is 9.91. The predicted octanol–water partition coefficient (Wildman–Crippen LogP) is 7.68. The van der Waals surface area contributed by atoms with Crippen LogP contribution in [0.5, 0.6) is 0 Å². The molecule has 0 rings (SSSR count). The molecule has 3 heteroatoms. The first-order valence-corrected chi connectivity index (χ1v) is 12.4. The molecule has 28 heavy (non-hydrogen) atoms. The Bertz CT molecular complexity index is 331. The molecule has 0 aromatic rings. The molecule has 1 atom stereocenters. The summed E-state index contributed by atoms with van der Waals surface area (Å²) in [4.78, 5) is 12.8. The normalized spacial score (nSPS) is 12.6. The summed E-state index contributed by atoms with van der Waals surface area (Å²) in [5, 5.41) is 8.64. The van der Waals surface area contributed by atoms with Gasteiger partial charge in [0.15, 0.2) is 0 Å². The third-order valence-electron chi connectivity index (χ3n) is 5.95. The number of rotatable bonds is 22. The number of hydrogen-bond acceptors (Lipinski definition) is 2. The van der Waals surface area contributed by atoms with Crippen LogP contribution < -0.4 is 0 Å². The molecule has 0 saturated heterocycles. The third kappa shape index (κ3) is 21.7. The minimum absolute atomic E-state index is 0.340.